The molecule has 0 unspecified atom stereocenters. The van der Waals surface area contributed by atoms with Crippen LogP contribution in [-0.4, -0.2) is 41.1 Å². The summed E-state index contributed by atoms with van der Waals surface area (Å²) in [5.41, 5.74) is 1.71. The lowest BCUT2D eigenvalue weighted by Gasteiger charge is -2.40. The number of hydrogen-bond donors (Lipinski definition) is 2. The molecular weight excluding hydrogens is 387 g/mol. The Kier molecular flexibility index (Phi) is 6.53. The molecule has 0 saturated carbocycles. The van der Waals surface area contributed by atoms with Gasteiger partial charge in [0.15, 0.2) is 0 Å². The van der Waals surface area contributed by atoms with Crippen LogP contribution in [-0.2, 0) is 20.9 Å². The molecule has 1 aliphatic rings. The Hall–Kier alpha value is -2.77. The first-order valence-corrected chi connectivity index (χ1v) is 9.87. The van der Waals surface area contributed by atoms with Crippen LogP contribution < -0.4 is 5.32 Å². The lowest BCUT2D eigenvalue weighted by molar-refractivity contribution is -0.162. The molecule has 1 saturated heterocycles. The summed E-state index contributed by atoms with van der Waals surface area (Å²) < 4.78 is 18.9. The van der Waals surface area contributed by atoms with Crippen molar-refractivity contribution in [3.63, 3.8) is 0 Å². The molecule has 0 bridgehead atoms. The summed E-state index contributed by atoms with van der Waals surface area (Å²) in [7, 11) is 0. The van der Waals surface area contributed by atoms with Crippen LogP contribution in [0.25, 0.3) is 0 Å². The van der Waals surface area contributed by atoms with E-state index < -0.39 is 17.6 Å². The van der Waals surface area contributed by atoms with E-state index >= 15 is 0 Å². The van der Waals surface area contributed by atoms with Crippen LogP contribution >= 0.6 is 0 Å². The van der Waals surface area contributed by atoms with E-state index in [0.29, 0.717) is 5.69 Å². The van der Waals surface area contributed by atoms with E-state index in [-0.39, 0.29) is 37.4 Å². The average Bonchev–Trinajstić information content (AvgIpc) is 2.71. The maximum atomic E-state index is 13.2. The van der Waals surface area contributed by atoms with Gasteiger partial charge in [-0.1, -0.05) is 45.0 Å². The molecule has 0 aliphatic carbocycles. The number of ether oxygens (including phenoxy) is 1. The maximum absolute atomic E-state index is 13.2. The highest BCUT2D eigenvalue weighted by Gasteiger charge is 2.37. The fourth-order valence-electron chi connectivity index (χ4n) is 3.28. The van der Waals surface area contributed by atoms with Crippen molar-refractivity contribution in [3.05, 3.63) is 65.5 Å². The molecule has 0 aromatic heterocycles. The first-order valence-electron chi connectivity index (χ1n) is 9.87. The Labute approximate surface area is 175 Å². The van der Waals surface area contributed by atoms with Gasteiger partial charge in [-0.25, -0.2) is 4.39 Å². The summed E-state index contributed by atoms with van der Waals surface area (Å²) >= 11 is 0. The summed E-state index contributed by atoms with van der Waals surface area (Å²) in [6.07, 6.45) is -0.513. The second kappa shape index (κ2) is 8.93. The Bertz CT molecular complexity index is 891. The largest absolute Gasteiger partial charge is 0.394 e. The number of benzene rings is 2. The molecule has 1 fully saturated rings. The predicted octanol–water partition coefficient (Wildman–Crippen LogP) is 3.27. The lowest BCUT2D eigenvalue weighted by Crippen LogP contribution is -2.52. The van der Waals surface area contributed by atoms with Gasteiger partial charge in [-0.15, -0.1) is 0 Å². The van der Waals surface area contributed by atoms with Crippen molar-refractivity contribution in [2.45, 2.75) is 39.5 Å². The number of amides is 2. The predicted molar refractivity (Wildman–Crippen MR) is 111 cm³/mol. The quantitative estimate of drug-likeness (QED) is 0.787. The third-order valence-corrected chi connectivity index (χ3v) is 5.09. The van der Waals surface area contributed by atoms with Crippen LogP contribution in [0.4, 0.5) is 10.1 Å². The minimum atomic E-state index is -0.577. The molecular formula is C23H27FN2O4. The summed E-state index contributed by atoms with van der Waals surface area (Å²) in [6, 6.07) is 12.5. The second-order valence-electron chi connectivity index (χ2n) is 8.46. The molecule has 160 valence electrons. The number of aliphatic hydroxyl groups is 1. The van der Waals surface area contributed by atoms with Crippen molar-refractivity contribution in [2.24, 2.45) is 5.41 Å². The number of carbonyl (C=O) groups is 2. The topological polar surface area (TPSA) is 78.9 Å². The SMILES string of the molecule is CC(C)(C)C(=O)Nc1ccc([C@H]2OCC(=O)N(Cc3ccc(F)cc3)[C@@H]2CO)cc1. The van der Waals surface area contributed by atoms with E-state index in [1.807, 2.05) is 32.9 Å². The zero-order chi connectivity index (χ0) is 21.9. The number of halogens is 1. The molecule has 2 amide bonds. The molecule has 30 heavy (non-hydrogen) atoms. The number of carbonyl (C=O) groups excluding carboxylic acids is 2. The van der Waals surface area contributed by atoms with Gasteiger partial charge in [0, 0.05) is 17.6 Å². The minimum absolute atomic E-state index is 0.0894. The molecule has 3 rings (SSSR count). The number of nitrogens with one attached hydrogen (secondary N) is 1. The van der Waals surface area contributed by atoms with Crippen LogP contribution in [0.3, 0.4) is 0 Å². The van der Waals surface area contributed by atoms with Gasteiger partial charge in [0.2, 0.25) is 11.8 Å². The van der Waals surface area contributed by atoms with Gasteiger partial charge in [-0.3, -0.25) is 9.59 Å². The number of hydrogen-bond acceptors (Lipinski definition) is 4. The van der Waals surface area contributed by atoms with E-state index in [4.69, 9.17) is 4.74 Å². The molecule has 0 spiro atoms. The van der Waals surface area contributed by atoms with Crippen molar-refractivity contribution in [1.82, 2.24) is 4.90 Å². The smallest absolute Gasteiger partial charge is 0.249 e. The van der Waals surface area contributed by atoms with Crippen LogP contribution in [0.5, 0.6) is 0 Å². The third kappa shape index (κ3) is 5.04. The highest BCUT2D eigenvalue weighted by molar-refractivity contribution is 5.94. The monoisotopic (exact) mass is 414 g/mol. The van der Waals surface area contributed by atoms with Gasteiger partial charge in [0.1, 0.15) is 18.5 Å². The highest BCUT2D eigenvalue weighted by Crippen LogP contribution is 2.31. The standard InChI is InChI=1S/C23H27FN2O4/c1-23(2,3)22(29)25-18-10-6-16(7-11-18)21-19(13-27)26(20(28)14-30-21)12-15-4-8-17(24)9-5-15/h4-11,19,21,27H,12-14H2,1-3H3,(H,25,29)/t19-,21-/m1/s1. The number of morpholine rings is 1. The molecule has 2 atom stereocenters. The van der Waals surface area contributed by atoms with Gasteiger partial charge < -0.3 is 20.1 Å². The molecule has 2 aromatic rings. The molecule has 0 radical (unpaired) electrons. The van der Waals surface area contributed by atoms with Gasteiger partial charge in [-0.2, -0.15) is 0 Å². The molecule has 7 heteroatoms. The summed E-state index contributed by atoms with van der Waals surface area (Å²) in [6.45, 7) is 5.39. The van der Waals surface area contributed by atoms with Gasteiger partial charge in [0.05, 0.1) is 12.6 Å². The van der Waals surface area contributed by atoms with Crippen LogP contribution in [0.15, 0.2) is 48.5 Å². The summed E-state index contributed by atoms with van der Waals surface area (Å²) in [5.74, 6) is -0.667. The van der Waals surface area contributed by atoms with Gasteiger partial charge in [0.25, 0.3) is 0 Å². The Morgan fingerprint density at radius 3 is 2.37 bits per heavy atom. The Morgan fingerprint density at radius 2 is 1.80 bits per heavy atom. The van der Waals surface area contributed by atoms with Crippen molar-refractivity contribution in [3.8, 4) is 0 Å². The Balaban J connectivity index is 1.77. The average molecular weight is 414 g/mol. The van der Waals surface area contributed by atoms with Crippen LogP contribution in [0.1, 0.15) is 38.0 Å². The van der Waals surface area contributed by atoms with Crippen LogP contribution in [0.2, 0.25) is 0 Å². The van der Waals surface area contributed by atoms with Crippen molar-refractivity contribution >= 4 is 17.5 Å². The minimum Gasteiger partial charge on any atom is -0.394 e. The fourth-order valence-corrected chi connectivity index (χ4v) is 3.28. The van der Waals surface area contributed by atoms with E-state index in [9.17, 15) is 19.1 Å². The second-order valence-corrected chi connectivity index (χ2v) is 8.46. The maximum Gasteiger partial charge on any atom is 0.249 e. The van der Waals surface area contributed by atoms with E-state index in [2.05, 4.69) is 5.32 Å². The number of anilines is 1. The number of rotatable bonds is 5. The lowest BCUT2D eigenvalue weighted by atomic mass is 9.95. The first-order chi connectivity index (χ1) is 14.2. The Morgan fingerprint density at radius 1 is 1.17 bits per heavy atom. The fraction of sp³-hybridized carbons (Fsp3) is 0.391. The molecule has 2 aromatic carbocycles. The number of nitrogens with zero attached hydrogens (tertiary/aromatic N) is 1. The normalized spacial score (nSPS) is 19.6. The molecule has 1 aliphatic heterocycles. The van der Waals surface area contributed by atoms with Crippen LogP contribution in [0, 0.1) is 11.2 Å². The number of aliphatic hydroxyl groups excluding tert-OH is 1. The van der Waals surface area contributed by atoms with Gasteiger partial charge >= 0.3 is 0 Å². The highest BCUT2D eigenvalue weighted by atomic mass is 19.1. The summed E-state index contributed by atoms with van der Waals surface area (Å²) in [4.78, 5) is 26.2. The molecule has 6 nitrogen and oxygen atoms in total. The van der Waals surface area contributed by atoms with E-state index in [1.54, 1.807) is 29.2 Å². The summed E-state index contributed by atoms with van der Waals surface area (Å²) in [5, 5.41) is 12.9. The first kappa shape index (κ1) is 21.9. The van der Waals surface area contributed by atoms with E-state index in [0.717, 1.165) is 11.1 Å². The van der Waals surface area contributed by atoms with E-state index in [1.165, 1.54) is 12.1 Å². The zero-order valence-corrected chi connectivity index (χ0v) is 17.4. The van der Waals surface area contributed by atoms with Gasteiger partial charge in [-0.05, 0) is 35.4 Å². The van der Waals surface area contributed by atoms with Crippen molar-refractivity contribution < 1.29 is 23.8 Å². The molecule has 2 N–H and O–H groups in total. The third-order valence-electron chi connectivity index (χ3n) is 5.09. The van der Waals surface area contributed by atoms with Crippen molar-refractivity contribution in [2.75, 3.05) is 18.5 Å². The zero-order valence-electron chi connectivity index (χ0n) is 17.4. The molecule has 1 heterocycles. The van der Waals surface area contributed by atoms with Crippen molar-refractivity contribution in [1.29, 1.82) is 0 Å².